The lowest BCUT2D eigenvalue weighted by molar-refractivity contribution is 0.276. The van der Waals surface area contributed by atoms with E-state index >= 15 is 0 Å². The molecular formula is C19H23F2N5O. The van der Waals surface area contributed by atoms with Crippen LogP contribution in [0.15, 0.2) is 30.6 Å². The van der Waals surface area contributed by atoms with Crippen LogP contribution in [0, 0.1) is 5.82 Å². The molecule has 0 bridgehead atoms. The van der Waals surface area contributed by atoms with Gasteiger partial charge in [0.1, 0.15) is 6.17 Å². The van der Waals surface area contributed by atoms with E-state index < -0.39 is 6.17 Å². The minimum atomic E-state index is -0.800. The molecule has 1 aromatic carbocycles. The molecular weight excluding hydrogens is 352 g/mol. The number of aromatic nitrogens is 2. The minimum absolute atomic E-state index is 0.302. The summed E-state index contributed by atoms with van der Waals surface area (Å²) in [7, 11) is 0. The summed E-state index contributed by atoms with van der Waals surface area (Å²) in [5, 5.41) is 9.24. The van der Waals surface area contributed by atoms with Gasteiger partial charge in [-0.15, -0.1) is 0 Å². The van der Waals surface area contributed by atoms with Crippen LogP contribution in [-0.2, 0) is 6.61 Å². The van der Waals surface area contributed by atoms with E-state index in [0.29, 0.717) is 49.8 Å². The third kappa shape index (κ3) is 3.66. The zero-order valence-electron chi connectivity index (χ0n) is 15.1. The molecule has 1 N–H and O–H groups in total. The summed E-state index contributed by atoms with van der Waals surface area (Å²) >= 11 is 0. The highest BCUT2D eigenvalue weighted by Gasteiger charge is 2.25. The van der Waals surface area contributed by atoms with Crippen molar-refractivity contribution < 1.29 is 13.9 Å². The summed E-state index contributed by atoms with van der Waals surface area (Å²) in [6.45, 7) is 3.49. The molecule has 2 aliphatic heterocycles. The molecule has 0 radical (unpaired) electrons. The Labute approximate surface area is 157 Å². The smallest absolute Gasteiger partial charge is 0.225 e. The van der Waals surface area contributed by atoms with Gasteiger partial charge in [-0.3, -0.25) is 0 Å². The first-order valence-corrected chi connectivity index (χ1v) is 9.25. The SMILES string of the molecule is OCc1cccc(N2CCN(c3cnc(N4CC[C@@H](F)C4)nc3)CC2)c1F. The zero-order valence-corrected chi connectivity index (χ0v) is 15.1. The number of benzene rings is 1. The first-order chi connectivity index (χ1) is 13.2. The van der Waals surface area contributed by atoms with Gasteiger partial charge in [-0.05, 0) is 12.5 Å². The Hall–Kier alpha value is -2.48. The standard InChI is InChI=1S/C19H23F2N5O/c20-15-4-5-26(12-15)19-22-10-16(11-23-19)24-6-8-25(9-7-24)17-3-1-2-14(13-27)18(17)21/h1-3,10-11,15,27H,4-9,12-13H2/t15-/m1/s1. The Morgan fingerprint density at radius 3 is 2.33 bits per heavy atom. The van der Waals surface area contributed by atoms with Gasteiger partial charge in [-0.1, -0.05) is 12.1 Å². The first-order valence-electron chi connectivity index (χ1n) is 9.25. The van der Waals surface area contributed by atoms with E-state index in [-0.39, 0.29) is 12.4 Å². The van der Waals surface area contributed by atoms with Crippen LogP contribution in [0.25, 0.3) is 0 Å². The molecule has 0 unspecified atom stereocenters. The fourth-order valence-corrected chi connectivity index (χ4v) is 3.68. The molecule has 0 saturated carbocycles. The molecule has 4 rings (SSSR count). The molecule has 0 aliphatic carbocycles. The summed E-state index contributed by atoms with van der Waals surface area (Å²) in [5.41, 5.74) is 1.76. The number of alkyl halides is 1. The van der Waals surface area contributed by atoms with Gasteiger partial charge < -0.3 is 19.8 Å². The molecule has 2 saturated heterocycles. The molecule has 8 heteroatoms. The van der Waals surface area contributed by atoms with E-state index in [1.165, 1.54) is 0 Å². The van der Waals surface area contributed by atoms with E-state index in [4.69, 9.17) is 0 Å². The van der Waals surface area contributed by atoms with E-state index in [9.17, 15) is 13.9 Å². The van der Waals surface area contributed by atoms with Crippen molar-refractivity contribution in [1.29, 1.82) is 0 Å². The van der Waals surface area contributed by atoms with Gasteiger partial charge in [0.2, 0.25) is 5.95 Å². The summed E-state index contributed by atoms with van der Waals surface area (Å²) in [6.07, 6.45) is 3.28. The van der Waals surface area contributed by atoms with Crippen LogP contribution in [0.4, 0.5) is 26.1 Å². The number of piperazine rings is 1. The quantitative estimate of drug-likeness (QED) is 0.882. The second kappa shape index (κ2) is 7.64. The minimum Gasteiger partial charge on any atom is -0.392 e. The van der Waals surface area contributed by atoms with Gasteiger partial charge in [0.05, 0.1) is 36.9 Å². The van der Waals surface area contributed by atoms with Crippen molar-refractivity contribution >= 4 is 17.3 Å². The predicted molar refractivity (Wildman–Crippen MR) is 101 cm³/mol. The summed E-state index contributed by atoms with van der Waals surface area (Å²) in [4.78, 5) is 14.8. The van der Waals surface area contributed by atoms with E-state index in [0.717, 1.165) is 18.8 Å². The van der Waals surface area contributed by atoms with Gasteiger partial charge in [-0.25, -0.2) is 18.7 Å². The largest absolute Gasteiger partial charge is 0.392 e. The highest BCUT2D eigenvalue weighted by atomic mass is 19.1. The highest BCUT2D eigenvalue weighted by Crippen LogP contribution is 2.25. The van der Waals surface area contributed by atoms with Crippen LogP contribution in [-0.4, -0.2) is 60.5 Å². The second-order valence-electron chi connectivity index (χ2n) is 6.96. The van der Waals surface area contributed by atoms with Crippen LogP contribution >= 0.6 is 0 Å². The van der Waals surface area contributed by atoms with Crippen LogP contribution in [0.5, 0.6) is 0 Å². The fraction of sp³-hybridized carbons (Fsp3) is 0.474. The Balaban J connectivity index is 1.39. The molecule has 6 nitrogen and oxygen atoms in total. The van der Waals surface area contributed by atoms with Crippen molar-refractivity contribution in [3.63, 3.8) is 0 Å². The van der Waals surface area contributed by atoms with Crippen molar-refractivity contribution in [1.82, 2.24) is 9.97 Å². The summed E-state index contributed by atoms with van der Waals surface area (Å²) < 4.78 is 27.8. The number of anilines is 3. The third-order valence-electron chi connectivity index (χ3n) is 5.25. The highest BCUT2D eigenvalue weighted by molar-refractivity contribution is 5.53. The normalized spacial score (nSPS) is 20.4. The van der Waals surface area contributed by atoms with Gasteiger partial charge >= 0.3 is 0 Å². The van der Waals surface area contributed by atoms with E-state index in [2.05, 4.69) is 14.9 Å². The monoisotopic (exact) mass is 375 g/mol. The van der Waals surface area contributed by atoms with Crippen molar-refractivity contribution in [2.45, 2.75) is 19.2 Å². The summed E-state index contributed by atoms with van der Waals surface area (Å²) in [5.74, 6) is 0.221. The molecule has 1 aromatic heterocycles. The lowest BCUT2D eigenvalue weighted by atomic mass is 10.1. The Kier molecular flexibility index (Phi) is 5.07. The van der Waals surface area contributed by atoms with Crippen molar-refractivity contribution in [2.24, 2.45) is 0 Å². The van der Waals surface area contributed by atoms with Gasteiger partial charge in [0.25, 0.3) is 0 Å². The van der Waals surface area contributed by atoms with Crippen LogP contribution in [0.1, 0.15) is 12.0 Å². The number of halogens is 2. The van der Waals surface area contributed by atoms with Gasteiger partial charge in [-0.2, -0.15) is 0 Å². The Morgan fingerprint density at radius 1 is 1.00 bits per heavy atom. The molecule has 144 valence electrons. The van der Waals surface area contributed by atoms with E-state index in [1.54, 1.807) is 30.6 Å². The number of rotatable bonds is 4. The third-order valence-corrected chi connectivity index (χ3v) is 5.25. The molecule has 2 aliphatic rings. The van der Waals surface area contributed by atoms with Gasteiger partial charge in [0, 0.05) is 38.3 Å². The van der Waals surface area contributed by atoms with Crippen molar-refractivity contribution in [3.05, 3.63) is 42.0 Å². The van der Waals surface area contributed by atoms with Crippen LogP contribution in [0.2, 0.25) is 0 Å². The average molecular weight is 375 g/mol. The maximum atomic E-state index is 14.4. The number of hydrogen-bond acceptors (Lipinski definition) is 6. The molecule has 0 amide bonds. The number of hydrogen-bond donors (Lipinski definition) is 1. The molecule has 3 heterocycles. The molecule has 1 atom stereocenters. The molecule has 2 fully saturated rings. The number of aliphatic hydroxyl groups excluding tert-OH is 1. The predicted octanol–water partition coefficient (Wildman–Crippen LogP) is 1.98. The maximum absolute atomic E-state index is 14.4. The van der Waals surface area contributed by atoms with Crippen molar-refractivity contribution in [2.75, 3.05) is 54.0 Å². The number of nitrogens with zero attached hydrogens (tertiary/aromatic N) is 5. The fourth-order valence-electron chi connectivity index (χ4n) is 3.68. The molecule has 27 heavy (non-hydrogen) atoms. The maximum Gasteiger partial charge on any atom is 0.225 e. The average Bonchev–Trinajstić information content (AvgIpc) is 3.15. The number of aliphatic hydroxyl groups is 1. The molecule has 2 aromatic rings. The first kappa shape index (κ1) is 17.9. The topological polar surface area (TPSA) is 55.7 Å². The van der Waals surface area contributed by atoms with E-state index in [1.807, 2.05) is 9.80 Å². The van der Waals surface area contributed by atoms with Crippen LogP contribution in [0.3, 0.4) is 0 Å². The second-order valence-corrected chi connectivity index (χ2v) is 6.96. The van der Waals surface area contributed by atoms with Crippen molar-refractivity contribution in [3.8, 4) is 0 Å². The Bertz CT molecular complexity index is 780. The zero-order chi connectivity index (χ0) is 18.8. The lowest BCUT2D eigenvalue weighted by Crippen LogP contribution is -2.47. The van der Waals surface area contributed by atoms with Gasteiger partial charge in [0.15, 0.2) is 5.82 Å². The molecule has 0 spiro atoms. The van der Waals surface area contributed by atoms with Crippen LogP contribution < -0.4 is 14.7 Å². The summed E-state index contributed by atoms with van der Waals surface area (Å²) in [6, 6.07) is 5.11. The Morgan fingerprint density at radius 2 is 1.70 bits per heavy atom. The lowest BCUT2D eigenvalue weighted by Gasteiger charge is -2.37.